The third kappa shape index (κ3) is 8.88. The number of hydrogen-bond donors (Lipinski definition) is 9. The molecular weight excluding hydrogens is 550 g/mol. The van der Waals surface area contributed by atoms with Crippen LogP contribution < -0.4 is 33.2 Å². The highest BCUT2D eigenvalue weighted by Crippen LogP contribution is 2.19. The number of H-pyrrole nitrogens is 2. The average Bonchev–Trinajstić information content (AvgIpc) is 3.59. The number of nitrogens with one attached hydrogen (secondary N) is 5. The zero-order valence-electron chi connectivity index (χ0n) is 22.5. The van der Waals surface area contributed by atoms with Crippen LogP contribution in [0.1, 0.15) is 30.5 Å². The molecule has 4 atom stereocenters. The maximum Gasteiger partial charge on any atom is 0.326 e. The molecule has 3 rings (SSSR count). The lowest BCUT2D eigenvalue weighted by atomic mass is 10.0. The van der Waals surface area contributed by atoms with Gasteiger partial charge >= 0.3 is 5.97 Å². The Morgan fingerprint density at radius 3 is 2.17 bits per heavy atom. The van der Waals surface area contributed by atoms with Crippen LogP contribution in [0.25, 0.3) is 10.9 Å². The van der Waals surface area contributed by atoms with Crippen LogP contribution in [0.15, 0.2) is 43.0 Å². The molecule has 0 fully saturated rings. The average molecular weight is 584 g/mol. The van der Waals surface area contributed by atoms with Gasteiger partial charge in [-0.25, -0.2) is 9.78 Å². The smallest absolute Gasteiger partial charge is 0.326 e. The molecule has 0 saturated carbocycles. The highest BCUT2D eigenvalue weighted by molar-refractivity contribution is 5.96. The van der Waals surface area contributed by atoms with E-state index < -0.39 is 66.1 Å². The predicted octanol–water partition coefficient (Wildman–Crippen LogP) is -2.32. The van der Waals surface area contributed by atoms with Crippen LogP contribution in [0.3, 0.4) is 0 Å². The lowest BCUT2D eigenvalue weighted by molar-refractivity contribution is -0.143. The Bertz CT molecular complexity index is 1440. The summed E-state index contributed by atoms with van der Waals surface area (Å²) in [4.78, 5) is 83.7. The number of rotatable bonds is 16. The monoisotopic (exact) mass is 583 g/mol. The molecule has 12 N–H and O–H groups in total. The quantitative estimate of drug-likeness (QED) is 0.0874. The van der Waals surface area contributed by atoms with E-state index in [-0.39, 0.29) is 25.7 Å². The molecule has 0 bridgehead atoms. The molecule has 0 aliphatic heterocycles. The molecule has 0 aliphatic carbocycles. The Morgan fingerprint density at radius 1 is 0.857 bits per heavy atom. The molecule has 0 radical (unpaired) electrons. The van der Waals surface area contributed by atoms with Crippen LogP contribution in [0.5, 0.6) is 0 Å². The first kappa shape index (κ1) is 31.3. The fourth-order valence-corrected chi connectivity index (χ4v) is 4.24. The number of para-hydroxylation sites is 1. The van der Waals surface area contributed by atoms with Gasteiger partial charge in [-0.1, -0.05) is 18.2 Å². The Balaban J connectivity index is 1.83. The molecule has 224 valence electrons. The van der Waals surface area contributed by atoms with E-state index in [9.17, 15) is 33.9 Å². The van der Waals surface area contributed by atoms with Crippen molar-refractivity contribution in [1.82, 2.24) is 30.9 Å². The van der Waals surface area contributed by atoms with E-state index in [1.807, 2.05) is 6.07 Å². The van der Waals surface area contributed by atoms with Crippen molar-refractivity contribution in [3.63, 3.8) is 0 Å². The maximum absolute atomic E-state index is 13.4. The van der Waals surface area contributed by atoms with Crippen LogP contribution in [0, 0.1) is 0 Å². The van der Waals surface area contributed by atoms with Crippen molar-refractivity contribution in [1.29, 1.82) is 0 Å². The number of fused-ring (bicyclic) bond motifs is 1. The Hall–Kier alpha value is -5.25. The van der Waals surface area contributed by atoms with Crippen molar-refractivity contribution < 1.29 is 33.9 Å². The molecule has 0 spiro atoms. The molecule has 16 heteroatoms. The van der Waals surface area contributed by atoms with E-state index in [1.54, 1.807) is 24.4 Å². The summed E-state index contributed by atoms with van der Waals surface area (Å²) in [5.74, 6) is -5.66. The van der Waals surface area contributed by atoms with Gasteiger partial charge in [0.15, 0.2) is 0 Å². The van der Waals surface area contributed by atoms with Crippen LogP contribution in [0.4, 0.5) is 0 Å². The standard InChI is InChI=1S/C26H33N9O7/c27-16(8-14-11-30-12-32-14)23(38)33-18(5-6-21(28)36)24(39)34-19(25(40)35-20(26(41)42)9-22(29)37)7-13-10-31-17-4-2-1-3-15(13)17/h1-4,10-12,16,18-20,31H,5-9,27H2,(H2,28,36)(H2,29,37)(H,30,32)(H,33,38)(H,34,39)(H,35,40)(H,41,42). The number of primary amides is 2. The van der Waals surface area contributed by atoms with E-state index in [4.69, 9.17) is 17.2 Å². The highest BCUT2D eigenvalue weighted by Gasteiger charge is 2.31. The Morgan fingerprint density at radius 2 is 1.52 bits per heavy atom. The fraction of sp³-hybridized carbons (Fsp3) is 0.346. The number of carbonyl (C=O) groups excluding carboxylic acids is 5. The van der Waals surface area contributed by atoms with Gasteiger partial charge in [0.05, 0.1) is 18.8 Å². The van der Waals surface area contributed by atoms with Crippen LogP contribution >= 0.6 is 0 Å². The van der Waals surface area contributed by atoms with E-state index in [0.717, 1.165) is 10.9 Å². The van der Waals surface area contributed by atoms with Gasteiger partial charge < -0.3 is 48.2 Å². The number of carbonyl (C=O) groups is 6. The minimum atomic E-state index is -1.65. The van der Waals surface area contributed by atoms with Gasteiger partial charge in [-0.3, -0.25) is 24.0 Å². The van der Waals surface area contributed by atoms with Gasteiger partial charge in [-0.15, -0.1) is 0 Å². The van der Waals surface area contributed by atoms with Gasteiger partial charge in [0.1, 0.15) is 18.1 Å². The fourth-order valence-electron chi connectivity index (χ4n) is 4.24. The largest absolute Gasteiger partial charge is 0.480 e. The molecule has 3 aromatic rings. The van der Waals surface area contributed by atoms with Crippen molar-refractivity contribution in [3.8, 4) is 0 Å². The van der Waals surface area contributed by atoms with E-state index >= 15 is 0 Å². The number of aromatic nitrogens is 3. The van der Waals surface area contributed by atoms with Crippen LogP contribution in [-0.2, 0) is 41.6 Å². The molecule has 2 heterocycles. The van der Waals surface area contributed by atoms with Gasteiger partial charge in [0, 0.05) is 48.3 Å². The molecule has 2 aromatic heterocycles. The number of benzene rings is 1. The molecule has 0 saturated heterocycles. The van der Waals surface area contributed by atoms with E-state index in [0.29, 0.717) is 11.3 Å². The molecule has 16 nitrogen and oxygen atoms in total. The summed E-state index contributed by atoms with van der Waals surface area (Å²) in [5, 5.41) is 17.5. The molecule has 5 amide bonds. The second-order valence-corrected chi connectivity index (χ2v) is 9.65. The summed E-state index contributed by atoms with van der Waals surface area (Å²) in [6.07, 6.45) is 3.37. The van der Waals surface area contributed by atoms with Crippen molar-refractivity contribution >= 4 is 46.4 Å². The summed E-state index contributed by atoms with van der Waals surface area (Å²) in [6.45, 7) is 0. The topological polar surface area (TPSA) is 281 Å². The molecule has 42 heavy (non-hydrogen) atoms. The molecular formula is C26H33N9O7. The molecule has 4 unspecified atom stereocenters. The van der Waals surface area contributed by atoms with Crippen molar-refractivity contribution in [2.24, 2.45) is 17.2 Å². The maximum atomic E-state index is 13.4. The van der Waals surface area contributed by atoms with Gasteiger partial charge in [0.2, 0.25) is 29.5 Å². The molecule has 1 aromatic carbocycles. The summed E-state index contributed by atoms with van der Waals surface area (Å²) in [6, 6.07) is 1.77. The number of amides is 5. The number of nitrogens with two attached hydrogens (primary N) is 3. The Kier molecular flexibility index (Phi) is 10.7. The summed E-state index contributed by atoms with van der Waals surface area (Å²) >= 11 is 0. The van der Waals surface area contributed by atoms with Crippen molar-refractivity contribution in [2.75, 3.05) is 0 Å². The number of aromatic amines is 2. The first-order chi connectivity index (χ1) is 19.9. The normalized spacial score (nSPS) is 13.8. The predicted molar refractivity (Wildman–Crippen MR) is 148 cm³/mol. The second-order valence-electron chi connectivity index (χ2n) is 9.65. The van der Waals surface area contributed by atoms with Crippen molar-refractivity contribution in [3.05, 3.63) is 54.2 Å². The number of nitrogens with zero attached hydrogens (tertiary/aromatic N) is 1. The van der Waals surface area contributed by atoms with Crippen LogP contribution in [-0.4, -0.2) is 79.7 Å². The minimum absolute atomic E-state index is 0.0814. The number of imidazole rings is 1. The van der Waals surface area contributed by atoms with Gasteiger partial charge in [-0.2, -0.15) is 0 Å². The van der Waals surface area contributed by atoms with E-state index in [1.165, 1.54) is 12.5 Å². The number of carboxylic acids is 1. The minimum Gasteiger partial charge on any atom is -0.480 e. The molecule has 0 aliphatic rings. The zero-order valence-corrected chi connectivity index (χ0v) is 22.5. The van der Waals surface area contributed by atoms with Gasteiger partial charge in [0.25, 0.3) is 0 Å². The second kappa shape index (κ2) is 14.4. The van der Waals surface area contributed by atoms with E-state index in [2.05, 4.69) is 30.9 Å². The number of carboxylic acid groups (broad SMARTS) is 1. The lowest BCUT2D eigenvalue weighted by Crippen LogP contribution is -2.58. The van der Waals surface area contributed by atoms with Gasteiger partial charge in [-0.05, 0) is 18.1 Å². The first-order valence-corrected chi connectivity index (χ1v) is 12.9. The SMILES string of the molecule is NC(=O)CCC(NC(=O)C(N)Cc1cnc[nH]1)C(=O)NC(Cc1c[nH]c2ccccc12)C(=O)NC(CC(N)=O)C(=O)O. The third-order valence-electron chi connectivity index (χ3n) is 6.40. The number of aliphatic carboxylic acids is 1. The van der Waals surface area contributed by atoms with Crippen LogP contribution in [0.2, 0.25) is 0 Å². The summed E-state index contributed by atoms with van der Waals surface area (Å²) in [7, 11) is 0. The lowest BCUT2D eigenvalue weighted by Gasteiger charge is -2.25. The van der Waals surface area contributed by atoms with Crippen molar-refractivity contribution in [2.45, 2.75) is 56.3 Å². The summed E-state index contributed by atoms with van der Waals surface area (Å²) < 4.78 is 0. The third-order valence-corrected chi connectivity index (χ3v) is 6.40. The number of hydrogen-bond acceptors (Lipinski definition) is 8. The summed E-state index contributed by atoms with van der Waals surface area (Å²) in [5.41, 5.74) is 18.3. The Labute approximate surface area is 239 Å². The first-order valence-electron chi connectivity index (χ1n) is 12.9. The highest BCUT2D eigenvalue weighted by atomic mass is 16.4. The zero-order chi connectivity index (χ0) is 30.8.